The molecule has 0 fully saturated rings. The van der Waals surface area contributed by atoms with Crippen LogP contribution in [0.15, 0.2) is 59.5 Å². The predicted octanol–water partition coefficient (Wildman–Crippen LogP) is 1.36. The molecule has 3 N–H and O–H groups in total. The highest BCUT2D eigenvalue weighted by atomic mass is 32.2. The maximum atomic E-state index is 12.1. The number of anilines is 1. The van der Waals surface area contributed by atoms with Crippen LogP contribution in [0.5, 0.6) is 0 Å². The molecule has 0 aliphatic heterocycles. The number of amides is 1. The van der Waals surface area contributed by atoms with Gasteiger partial charge < -0.3 is 11.1 Å². The van der Waals surface area contributed by atoms with Crippen molar-refractivity contribution in [3.63, 3.8) is 0 Å². The molecule has 0 aliphatic rings. The zero-order valence-corrected chi connectivity index (χ0v) is 12.1. The van der Waals surface area contributed by atoms with Gasteiger partial charge in [-0.2, -0.15) is 0 Å². The van der Waals surface area contributed by atoms with Crippen molar-refractivity contribution >= 4 is 21.4 Å². The molecule has 2 rings (SSSR count). The highest BCUT2D eigenvalue weighted by Gasteiger charge is 2.18. The van der Waals surface area contributed by atoms with Crippen molar-refractivity contribution in [2.75, 3.05) is 11.5 Å². The summed E-state index contributed by atoms with van der Waals surface area (Å²) in [4.78, 5) is 11.8. The Bertz CT molecular complexity index is 710. The van der Waals surface area contributed by atoms with Crippen LogP contribution in [0, 0.1) is 0 Å². The van der Waals surface area contributed by atoms with Crippen molar-refractivity contribution in [1.82, 2.24) is 5.32 Å². The van der Waals surface area contributed by atoms with E-state index in [4.69, 9.17) is 5.73 Å². The van der Waals surface area contributed by atoms with Crippen LogP contribution in [0.25, 0.3) is 0 Å². The SMILES string of the molecule is Nc1ccc(S(=O)(=O)CC(=O)NCc2ccccc2)cc1. The Morgan fingerprint density at radius 3 is 2.24 bits per heavy atom. The van der Waals surface area contributed by atoms with Gasteiger partial charge in [-0.05, 0) is 29.8 Å². The van der Waals surface area contributed by atoms with E-state index in [9.17, 15) is 13.2 Å². The molecule has 0 unspecified atom stereocenters. The Balaban J connectivity index is 1.97. The van der Waals surface area contributed by atoms with E-state index in [0.29, 0.717) is 12.2 Å². The molecule has 0 saturated heterocycles. The number of carbonyl (C=O) groups excluding carboxylic acids is 1. The van der Waals surface area contributed by atoms with Crippen molar-refractivity contribution in [3.05, 3.63) is 60.2 Å². The lowest BCUT2D eigenvalue weighted by atomic mass is 10.2. The summed E-state index contributed by atoms with van der Waals surface area (Å²) in [7, 11) is -3.65. The molecular formula is C15H16N2O3S. The van der Waals surface area contributed by atoms with E-state index >= 15 is 0 Å². The van der Waals surface area contributed by atoms with Crippen molar-refractivity contribution in [3.8, 4) is 0 Å². The Kier molecular flexibility index (Phi) is 4.59. The van der Waals surface area contributed by atoms with E-state index in [1.54, 1.807) is 0 Å². The van der Waals surface area contributed by atoms with E-state index in [2.05, 4.69) is 5.32 Å². The Morgan fingerprint density at radius 2 is 1.62 bits per heavy atom. The second-order valence-corrected chi connectivity index (χ2v) is 6.58. The largest absolute Gasteiger partial charge is 0.399 e. The van der Waals surface area contributed by atoms with E-state index in [1.807, 2.05) is 30.3 Å². The van der Waals surface area contributed by atoms with Crippen LogP contribution >= 0.6 is 0 Å². The van der Waals surface area contributed by atoms with Crippen LogP contribution in [-0.4, -0.2) is 20.1 Å². The number of rotatable bonds is 5. The molecule has 2 aromatic rings. The lowest BCUT2D eigenvalue weighted by Crippen LogP contribution is -2.29. The van der Waals surface area contributed by atoms with Crippen molar-refractivity contribution in [2.45, 2.75) is 11.4 Å². The number of sulfone groups is 1. The van der Waals surface area contributed by atoms with Crippen molar-refractivity contribution < 1.29 is 13.2 Å². The summed E-state index contributed by atoms with van der Waals surface area (Å²) in [6, 6.07) is 15.1. The Labute approximate surface area is 123 Å². The van der Waals surface area contributed by atoms with Gasteiger partial charge in [0.05, 0.1) is 4.90 Å². The summed E-state index contributed by atoms with van der Waals surface area (Å²) >= 11 is 0. The van der Waals surface area contributed by atoms with Gasteiger partial charge in [0, 0.05) is 12.2 Å². The third-order valence-corrected chi connectivity index (χ3v) is 4.53. The molecular weight excluding hydrogens is 288 g/mol. The third-order valence-electron chi connectivity index (χ3n) is 2.89. The molecule has 0 saturated carbocycles. The first-order chi connectivity index (χ1) is 9.97. The molecule has 1 amide bonds. The zero-order valence-electron chi connectivity index (χ0n) is 11.3. The molecule has 110 valence electrons. The van der Waals surface area contributed by atoms with Crippen molar-refractivity contribution in [1.29, 1.82) is 0 Å². The molecule has 0 radical (unpaired) electrons. The summed E-state index contributed by atoms with van der Waals surface area (Å²) < 4.78 is 24.1. The first kappa shape index (κ1) is 15.1. The highest BCUT2D eigenvalue weighted by molar-refractivity contribution is 7.92. The molecule has 0 aromatic heterocycles. The lowest BCUT2D eigenvalue weighted by Gasteiger charge is -2.07. The maximum Gasteiger partial charge on any atom is 0.235 e. The fourth-order valence-electron chi connectivity index (χ4n) is 1.78. The second-order valence-electron chi connectivity index (χ2n) is 4.59. The van der Waals surface area contributed by atoms with Gasteiger partial charge in [0.2, 0.25) is 5.91 Å². The lowest BCUT2D eigenvalue weighted by molar-refractivity contribution is -0.118. The summed E-state index contributed by atoms with van der Waals surface area (Å²) in [6.45, 7) is 0.303. The molecule has 0 aliphatic carbocycles. The van der Waals surface area contributed by atoms with Gasteiger partial charge in [0.1, 0.15) is 5.75 Å². The van der Waals surface area contributed by atoms with Gasteiger partial charge in [-0.1, -0.05) is 30.3 Å². The standard InChI is InChI=1S/C15H16N2O3S/c16-13-6-8-14(9-7-13)21(19,20)11-15(18)17-10-12-4-2-1-3-5-12/h1-9H,10-11,16H2,(H,17,18). The predicted molar refractivity (Wildman–Crippen MR) is 81.2 cm³/mol. The number of hydrogen-bond donors (Lipinski definition) is 2. The topological polar surface area (TPSA) is 89.3 Å². The molecule has 0 spiro atoms. The normalized spacial score (nSPS) is 11.0. The number of nitrogens with one attached hydrogen (secondary N) is 1. The van der Waals surface area contributed by atoms with E-state index in [-0.39, 0.29) is 4.90 Å². The number of nitrogen functional groups attached to an aromatic ring is 1. The van der Waals surface area contributed by atoms with Gasteiger partial charge in [-0.15, -0.1) is 0 Å². The zero-order chi connectivity index (χ0) is 15.3. The van der Waals surface area contributed by atoms with Crippen molar-refractivity contribution in [2.24, 2.45) is 0 Å². The smallest absolute Gasteiger partial charge is 0.235 e. The van der Waals surface area contributed by atoms with Crippen LogP contribution in [0.2, 0.25) is 0 Å². The first-order valence-electron chi connectivity index (χ1n) is 6.36. The van der Waals surface area contributed by atoms with Gasteiger partial charge in [-0.25, -0.2) is 8.42 Å². The molecule has 0 atom stereocenters. The minimum absolute atomic E-state index is 0.0894. The van der Waals surface area contributed by atoms with E-state index in [0.717, 1.165) is 5.56 Å². The Morgan fingerprint density at radius 1 is 1.00 bits per heavy atom. The van der Waals surface area contributed by atoms with Crippen LogP contribution in [0.3, 0.4) is 0 Å². The van der Waals surface area contributed by atoms with Crippen LogP contribution in [0.4, 0.5) is 5.69 Å². The first-order valence-corrected chi connectivity index (χ1v) is 8.01. The number of nitrogens with two attached hydrogens (primary N) is 1. The molecule has 6 heteroatoms. The summed E-state index contributed by atoms with van der Waals surface area (Å²) in [5.41, 5.74) is 6.90. The summed E-state index contributed by atoms with van der Waals surface area (Å²) in [5, 5.41) is 2.59. The van der Waals surface area contributed by atoms with Gasteiger partial charge in [-0.3, -0.25) is 4.79 Å². The third kappa shape index (κ3) is 4.32. The molecule has 2 aromatic carbocycles. The highest BCUT2D eigenvalue weighted by Crippen LogP contribution is 2.13. The molecule has 5 nitrogen and oxygen atoms in total. The second kappa shape index (κ2) is 6.41. The molecule has 21 heavy (non-hydrogen) atoms. The van der Waals surface area contributed by atoms with Gasteiger partial charge >= 0.3 is 0 Å². The van der Waals surface area contributed by atoms with Crippen LogP contribution in [-0.2, 0) is 21.2 Å². The maximum absolute atomic E-state index is 12.1. The monoisotopic (exact) mass is 304 g/mol. The summed E-state index contributed by atoms with van der Waals surface area (Å²) in [6.07, 6.45) is 0. The number of benzene rings is 2. The average molecular weight is 304 g/mol. The fourth-order valence-corrected chi connectivity index (χ4v) is 2.94. The average Bonchev–Trinajstić information content (AvgIpc) is 2.46. The minimum atomic E-state index is -3.65. The molecule has 0 bridgehead atoms. The van der Waals surface area contributed by atoms with Gasteiger partial charge in [0.15, 0.2) is 9.84 Å². The van der Waals surface area contributed by atoms with E-state index < -0.39 is 21.5 Å². The van der Waals surface area contributed by atoms with E-state index in [1.165, 1.54) is 24.3 Å². The van der Waals surface area contributed by atoms with Crippen LogP contribution < -0.4 is 11.1 Å². The summed E-state index contributed by atoms with van der Waals surface area (Å²) in [5.74, 6) is -1.11. The van der Waals surface area contributed by atoms with Crippen LogP contribution in [0.1, 0.15) is 5.56 Å². The van der Waals surface area contributed by atoms with Gasteiger partial charge in [0.25, 0.3) is 0 Å². The minimum Gasteiger partial charge on any atom is -0.399 e. The number of hydrogen-bond acceptors (Lipinski definition) is 4. The molecule has 0 heterocycles. The fraction of sp³-hybridized carbons (Fsp3) is 0.133. The Hall–Kier alpha value is -2.34. The number of carbonyl (C=O) groups is 1. The quantitative estimate of drug-likeness (QED) is 0.816.